The number of aryl methyl sites for hydroxylation is 2. The lowest BCUT2D eigenvalue weighted by molar-refractivity contribution is 0.199. The molecule has 0 aliphatic carbocycles. The zero-order chi connectivity index (χ0) is 14.2. The number of hydrogen-bond acceptors (Lipinski definition) is 6. The molecule has 0 saturated carbocycles. The summed E-state index contributed by atoms with van der Waals surface area (Å²) in [4.78, 5) is 4.19. The average Bonchev–Trinajstić information content (AvgIpc) is 2.91. The summed E-state index contributed by atoms with van der Waals surface area (Å²) >= 11 is 1.65. The highest BCUT2D eigenvalue weighted by Gasteiger charge is 2.07. The normalized spacial score (nSPS) is 10.9. The predicted molar refractivity (Wildman–Crippen MR) is 80.9 cm³/mol. The van der Waals surface area contributed by atoms with Crippen LogP contribution >= 0.6 is 11.3 Å². The van der Waals surface area contributed by atoms with E-state index in [1.54, 1.807) is 18.4 Å². The van der Waals surface area contributed by atoms with Crippen molar-refractivity contribution < 1.29 is 4.74 Å². The fourth-order valence-corrected chi connectivity index (χ4v) is 2.67. The van der Waals surface area contributed by atoms with Crippen molar-refractivity contribution in [3.63, 3.8) is 0 Å². The van der Waals surface area contributed by atoms with Gasteiger partial charge in [-0.1, -0.05) is 11.3 Å². The van der Waals surface area contributed by atoms with Crippen LogP contribution in [0.1, 0.15) is 17.0 Å². The minimum absolute atomic E-state index is 0.753. The van der Waals surface area contributed by atoms with Gasteiger partial charge in [-0.3, -0.25) is 4.98 Å². The second-order valence-corrected chi connectivity index (χ2v) is 5.66. The van der Waals surface area contributed by atoms with Crippen molar-refractivity contribution in [2.24, 2.45) is 0 Å². The first-order valence-corrected chi connectivity index (χ1v) is 7.55. The van der Waals surface area contributed by atoms with Crippen molar-refractivity contribution in [1.82, 2.24) is 20.5 Å². The van der Waals surface area contributed by atoms with E-state index in [1.165, 1.54) is 0 Å². The summed E-state index contributed by atoms with van der Waals surface area (Å²) in [5.41, 5.74) is 2.19. The SMILES string of the molecule is COCCNCCCc1nnc(-c2cncc(C)c2)s1. The van der Waals surface area contributed by atoms with E-state index in [0.29, 0.717) is 0 Å². The Morgan fingerprint density at radius 3 is 2.95 bits per heavy atom. The molecule has 2 heterocycles. The van der Waals surface area contributed by atoms with Crippen LogP contribution in [-0.2, 0) is 11.2 Å². The van der Waals surface area contributed by atoms with Gasteiger partial charge >= 0.3 is 0 Å². The van der Waals surface area contributed by atoms with E-state index < -0.39 is 0 Å². The van der Waals surface area contributed by atoms with Crippen molar-refractivity contribution in [2.45, 2.75) is 19.8 Å². The Kier molecular flexibility index (Phi) is 6.04. The molecule has 6 heteroatoms. The molecule has 0 aliphatic rings. The highest BCUT2D eigenvalue weighted by molar-refractivity contribution is 7.14. The second-order valence-electron chi connectivity index (χ2n) is 4.60. The molecular weight excluding hydrogens is 272 g/mol. The van der Waals surface area contributed by atoms with E-state index in [0.717, 1.165) is 53.7 Å². The second kappa shape index (κ2) is 8.04. The largest absolute Gasteiger partial charge is 0.383 e. The molecule has 0 aromatic carbocycles. The third kappa shape index (κ3) is 4.63. The predicted octanol–water partition coefficient (Wildman–Crippen LogP) is 2.08. The van der Waals surface area contributed by atoms with E-state index in [-0.39, 0.29) is 0 Å². The van der Waals surface area contributed by atoms with Gasteiger partial charge in [0.2, 0.25) is 0 Å². The van der Waals surface area contributed by atoms with Gasteiger partial charge in [0.25, 0.3) is 0 Å². The molecule has 0 saturated heterocycles. The quantitative estimate of drug-likeness (QED) is 0.755. The van der Waals surface area contributed by atoms with E-state index in [2.05, 4.69) is 26.6 Å². The number of methoxy groups -OCH3 is 1. The van der Waals surface area contributed by atoms with E-state index in [9.17, 15) is 0 Å². The van der Waals surface area contributed by atoms with Gasteiger partial charge in [-0.2, -0.15) is 0 Å². The molecule has 2 aromatic rings. The third-order valence-electron chi connectivity index (χ3n) is 2.82. The Hall–Kier alpha value is -1.37. The van der Waals surface area contributed by atoms with Crippen LogP contribution in [0.25, 0.3) is 10.6 Å². The first-order chi connectivity index (χ1) is 9.79. The van der Waals surface area contributed by atoms with Gasteiger partial charge in [-0.25, -0.2) is 0 Å². The van der Waals surface area contributed by atoms with E-state index in [4.69, 9.17) is 4.74 Å². The van der Waals surface area contributed by atoms with E-state index in [1.807, 2.05) is 19.3 Å². The molecule has 0 amide bonds. The minimum atomic E-state index is 0.753. The number of pyridine rings is 1. The highest BCUT2D eigenvalue weighted by atomic mass is 32.1. The number of nitrogens with one attached hydrogen (secondary N) is 1. The molecule has 0 radical (unpaired) electrons. The summed E-state index contributed by atoms with van der Waals surface area (Å²) in [6.45, 7) is 4.66. The fourth-order valence-electron chi connectivity index (χ4n) is 1.81. The Morgan fingerprint density at radius 1 is 1.25 bits per heavy atom. The molecule has 108 valence electrons. The van der Waals surface area contributed by atoms with Crippen LogP contribution in [-0.4, -0.2) is 42.0 Å². The standard InChI is InChI=1S/C14H20N4OS/c1-11-8-12(10-16-9-11)14-18-17-13(20-14)4-3-5-15-6-7-19-2/h8-10,15H,3-7H2,1-2H3. The van der Waals surface area contributed by atoms with Gasteiger partial charge in [-0.15, -0.1) is 10.2 Å². The Morgan fingerprint density at radius 2 is 2.15 bits per heavy atom. The zero-order valence-electron chi connectivity index (χ0n) is 11.9. The molecule has 20 heavy (non-hydrogen) atoms. The summed E-state index contributed by atoms with van der Waals surface area (Å²) in [6, 6.07) is 2.09. The Balaban J connectivity index is 1.80. The number of ether oxygens (including phenoxy) is 1. The first-order valence-electron chi connectivity index (χ1n) is 6.73. The molecule has 5 nitrogen and oxygen atoms in total. The molecule has 0 fully saturated rings. The number of rotatable bonds is 8. The Labute approximate surface area is 123 Å². The van der Waals surface area contributed by atoms with Crippen LogP contribution < -0.4 is 5.32 Å². The zero-order valence-corrected chi connectivity index (χ0v) is 12.7. The highest BCUT2D eigenvalue weighted by Crippen LogP contribution is 2.23. The summed E-state index contributed by atoms with van der Waals surface area (Å²) < 4.78 is 4.98. The van der Waals surface area contributed by atoms with Gasteiger partial charge < -0.3 is 10.1 Å². The van der Waals surface area contributed by atoms with Gasteiger partial charge in [0.15, 0.2) is 0 Å². The molecule has 0 bridgehead atoms. The van der Waals surface area contributed by atoms with Crippen molar-refractivity contribution in [3.8, 4) is 10.6 Å². The van der Waals surface area contributed by atoms with Crippen molar-refractivity contribution >= 4 is 11.3 Å². The maximum atomic E-state index is 4.98. The summed E-state index contributed by atoms with van der Waals surface area (Å²) in [5, 5.41) is 13.8. The summed E-state index contributed by atoms with van der Waals surface area (Å²) in [5.74, 6) is 0. The van der Waals surface area contributed by atoms with Crippen LogP contribution in [0.15, 0.2) is 18.5 Å². The molecule has 0 atom stereocenters. The smallest absolute Gasteiger partial charge is 0.149 e. The molecule has 2 rings (SSSR count). The third-order valence-corrected chi connectivity index (χ3v) is 3.85. The summed E-state index contributed by atoms with van der Waals surface area (Å²) in [7, 11) is 1.71. The molecule has 0 aliphatic heterocycles. The lowest BCUT2D eigenvalue weighted by Crippen LogP contribution is -2.20. The number of nitrogens with zero attached hydrogens (tertiary/aromatic N) is 3. The van der Waals surface area contributed by atoms with Gasteiger partial charge in [0.05, 0.1) is 6.61 Å². The monoisotopic (exact) mass is 292 g/mol. The maximum Gasteiger partial charge on any atom is 0.149 e. The van der Waals surface area contributed by atoms with E-state index >= 15 is 0 Å². The van der Waals surface area contributed by atoms with Gasteiger partial charge in [0, 0.05) is 38.0 Å². The van der Waals surface area contributed by atoms with Crippen LogP contribution in [0.3, 0.4) is 0 Å². The molecule has 0 spiro atoms. The van der Waals surface area contributed by atoms with Crippen LogP contribution in [0.4, 0.5) is 0 Å². The van der Waals surface area contributed by atoms with Crippen molar-refractivity contribution in [2.75, 3.05) is 26.8 Å². The van der Waals surface area contributed by atoms with Gasteiger partial charge in [0.1, 0.15) is 10.0 Å². The van der Waals surface area contributed by atoms with Gasteiger partial charge in [-0.05, 0) is 31.5 Å². The lowest BCUT2D eigenvalue weighted by Gasteiger charge is -2.01. The lowest BCUT2D eigenvalue weighted by atomic mass is 10.2. The van der Waals surface area contributed by atoms with Crippen LogP contribution in [0, 0.1) is 6.92 Å². The molecule has 1 N–H and O–H groups in total. The molecular formula is C14H20N4OS. The van der Waals surface area contributed by atoms with Crippen LogP contribution in [0.5, 0.6) is 0 Å². The molecule has 0 unspecified atom stereocenters. The maximum absolute atomic E-state index is 4.98. The summed E-state index contributed by atoms with van der Waals surface area (Å²) in [6.07, 6.45) is 5.70. The first kappa shape index (κ1) is 15.0. The average molecular weight is 292 g/mol. The van der Waals surface area contributed by atoms with Crippen LogP contribution in [0.2, 0.25) is 0 Å². The van der Waals surface area contributed by atoms with Crippen molar-refractivity contribution in [1.29, 1.82) is 0 Å². The number of hydrogen-bond donors (Lipinski definition) is 1. The van der Waals surface area contributed by atoms with Crippen molar-refractivity contribution in [3.05, 3.63) is 29.0 Å². The Bertz CT molecular complexity index is 529. The topological polar surface area (TPSA) is 59.9 Å². The minimum Gasteiger partial charge on any atom is -0.383 e. The number of aromatic nitrogens is 3. The fraction of sp³-hybridized carbons (Fsp3) is 0.500. The molecule has 2 aromatic heterocycles.